The van der Waals surface area contributed by atoms with Crippen LogP contribution >= 0.6 is 0 Å². The molecule has 0 aliphatic heterocycles. The highest BCUT2D eigenvalue weighted by Crippen LogP contribution is 2.25. The number of fused-ring (bicyclic) bond motifs is 1. The zero-order valence-corrected chi connectivity index (χ0v) is 10.8. The molecule has 19 heavy (non-hydrogen) atoms. The third-order valence-electron chi connectivity index (χ3n) is 2.87. The Bertz CT molecular complexity index is 584. The zero-order valence-electron chi connectivity index (χ0n) is 10.8. The van der Waals surface area contributed by atoms with E-state index in [2.05, 4.69) is 10.3 Å². The van der Waals surface area contributed by atoms with E-state index in [1.165, 1.54) is 0 Å². The summed E-state index contributed by atoms with van der Waals surface area (Å²) < 4.78 is 5.22. The molecule has 0 saturated heterocycles. The van der Waals surface area contributed by atoms with Crippen molar-refractivity contribution < 1.29 is 9.53 Å². The summed E-state index contributed by atoms with van der Waals surface area (Å²) in [4.78, 5) is 15.0. The molecule has 0 fully saturated rings. The fourth-order valence-electron chi connectivity index (χ4n) is 1.88. The minimum Gasteiger partial charge on any atom is -0.497 e. The Morgan fingerprint density at radius 1 is 1.42 bits per heavy atom. The first-order chi connectivity index (χ1) is 9.20. The number of nitrogens with one attached hydrogen (secondary N) is 1. The molecule has 0 saturated carbocycles. The summed E-state index contributed by atoms with van der Waals surface area (Å²) in [6, 6.07) is 7.80. The lowest BCUT2D eigenvalue weighted by molar-refractivity contribution is -0.118. The SMILES string of the molecule is COc1ccc2ccnc(NCCCC(N)=O)c2c1. The molecule has 1 heterocycles. The van der Waals surface area contributed by atoms with Crippen LogP contribution < -0.4 is 15.8 Å². The van der Waals surface area contributed by atoms with Crippen LogP contribution in [-0.2, 0) is 4.79 Å². The van der Waals surface area contributed by atoms with Gasteiger partial charge >= 0.3 is 0 Å². The molecule has 0 bridgehead atoms. The fraction of sp³-hybridized carbons (Fsp3) is 0.286. The van der Waals surface area contributed by atoms with Crippen LogP contribution in [0.2, 0.25) is 0 Å². The van der Waals surface area contributed by atoms with Crippen molar-refractivity contribution >= 4 is 22.5 Å². The lowest BCUT2D eigenvalue weighted by atomic mass is 10.1. The van der Waals surface area contributed by atoms with Crippen LogP contribution in [0.25, 0.3) is 10.8 Å². The van der Waals surface area contributed by atoms with Gasteiger partial charge in [0.2, 0.25) is 5.91 Å². The van der Waals surface area contributed by atoms with Gasteiger partial charge in [0.1, 0.15) is 11.6 Å². The predicted octanol–water partition coefficient (Wildman–Crippen LogP) is 1.92. The van der Waals surface area contributed by atoms with Gasteiger partial charge in [-0.3, -0.25) is 4.79 Å². The quantitative estimate of drug-likeness (QED) is 0.777. The Balaban J connectivity index is 2.15. The number of aromatic nitrogens is 1. The number of amides is 1. The van der Waals surface area contributed by atoms with E-state index in [1.807, 2.05) is 24.3 Å². The maximum atomic E-state index is 10.7. The molecule has 0 aliphatic rings. The molecule has 5 nitrogen and oxygen atoms in total. The van der Waals surface area contributed by atoms with Gasteiger partial charge in [-0.15, -0.1) is 0 Å². The number of hydrogen-bond acceptors (Lipinski definition) is 4. The minimum atomic E-state index is -0.283. The maximum absolute atomic E-state index is 10.7. The number of methoxy groups -OCH3 is 1. The molecule has 0 radical (unpaired) electrons. The summed E-state index contributed by atoms with van der Waals surface area (Å²) >= 11 is 0. The number of pyridine rings is 1. The van der Waals surface area contributed by atoms with Crippen LogP contribution in [0, 0.1) is 0 Å². The molecule has 1 aromatic heterocycles. The lowest BCUT2D eigenvalue weighted by Crippen LogP contribution is -2.13. The summed E-state index contributed by atoms with van der Waals surface area (Å²) in [6.07, 6.45) is 2.82. The van der Waals surface area contributed by atoms with Crippen LogP contribution in [0.1, 0.15) is 12.8 Å². The van der Waals surface area contributed by atoms with Crippen molar-refractivity contribution in [1.82, 2.24) is 4.98 Å². The normalized spacial score (nSPS) is 10.4. The zero-order chi connectivity index (χ0) is 13.7. The van der Waals surface area contributed by atoms with Gasteiger partial charge in [0.05, 0.1) is 7.11 Å². The van der Waals surface area contributed by atoms with Gasteiger partial charge in [0.15, 0.2) is 0 Å². The number of anilines is 1. The average Bonchev–Trinajstić information content (AvgIpc) is 2.43. The molecule has 1 amide bonds. The Hall–Kier alpha value is -2.30. The van der Waals surface area contributed by atoms with E-state index in [4.69, 9.17) is 10.5 Å². The lowest BCUT2D eigenvalue weighted by Gasteiger charge is -2.09. The second-order valence-corrected chi connectivity index (χ2v) is 4.24. The van der Waals surface area contributed by atoms with Gasteiger partial charge in [0.25, 0.3) is 0 Å². The number of primary amides is 1. The summed E-state index contributed by atoms with van der Waals surface area (Å²) in [6.45, 7) is 0.659. The van der Waals surface area contributed by atoms with Crippen molar-refractivity contribution in [2.45, 2.75) is 12.8 Å². The van der Waals surface area contributed by atoms with Gasteiger partial charge in [-0.1, -0.05) is 6.07 Å². The van der Waals surface area contributed by atoms with E-state index < -0.39 is 0 Å². The molecule has 100 valence electrons. The van der Waals surface area contributed by atoms with Crippen molar-refractivity contribution in [2.75, 3.05) is 19.0 Å². The van der Waals surface area contributed by atoms with Gasteiger partial charge in [0, 0.05) is 24.5 Å². The number of ether oxygens (including phenoxy) is 1. The van der Waals surface area contributed by atoms with E-state index in [0.717, 1.165) is 22.3 Å². The van der Waals surface area contributed by atoms with Crippen LogP contribution in [0.4, 0.5) is 5.82 Å². The molecule has 1 aromatic carbocycles. The number of carbonyl (C=O) groups excluding carboxylic acids is 1. The van der Waals surface area contributed by atoms with Crippen molar-refractivity contribution in [3.05, 3.63) is 30.5 Å². The van der Waals surface area contributed by atoms with E-state index in [9.17, 15) is 4.79 Å². The third kappa shape index (κ3) is 3.34. The molecule has 0 unspecified atom stereocenters. The topological polar surface area (TPSA) is 77.2 Å². The van der Waals surface area contributed by atoms with Gasteiger partial charge in [-0.2, -0.15) is 0 Å². The Morgan fingerprint density at radius 3 is 3.00 bits per heavy atom. The van der Waals surface area contributed by atoms with Crippen molar-refractivity contribution in [2.24, 2.45) is 5.73 Å². The minimum absolute atomic E-state index is 0.283. The number of nitrogens with two attached hydrogens (primary N) is 1. The van der Waals surface area contributed by atoms with Crippen molar-refractivity contribution in [1.29, 1.82) is 0 Å². The first-order valence-corrected chi connectivity index (χ1v) is 6.15. The summed E-state index contributed by atoms with van der Waals surface area (Å²) in [7, 11) is 1.64. The van der Waals surface area contributed by atoms with Crippen molar-refractivity contribution in [3.63, 3.8) is 0 Å². The van der Waals surface area contributed by atoms with Crippen LogP contribution in [0.5, 0.6) is 5.75 Å². The molecular formula is C14H17N3O2. The highest BCUT2D eigenvalue weighted by molar-refractivity contribution is 5.92. The first kappa shape index (κ1) is 13.1. The number of hydrogen-bond donors (Lipinski definition) is 2. The van der Waals surface area contributed by atoms with E-state index in [-0.39, 0.29) is 5.91 Å². The number of nitrogens with zero attached hydrogens (tertiary/aromatic N) is 1. The van der Waals surface area contributed by atoms with Gasteiger partial charge in [-0.25, -0.2) is 4.98 Å². The highest BCUT2D eigenvalue weighted by atomic mass is 16.5. The standard InChI is InChI=1S/C14H17N3O2/c1-19-11-5-4-10-6-8-17-14(12(10)9-11)16-7-2-3-13(15)18/h4-6,8-9H,2-3,7H2,1H3,(H2,15,18)(H,16,17). The van der Waals surface area contributed by atoms with E-state index >= 15 is 0 Å². The maximum Gasteiger partial charge on any atom is 0.217 e. The van der Waals surface area contributed by atoms with Gasteiger partial charge in [-0.05, 0) is 30.0 Å². The fourth-order valence-corrected chi connectivity index (χ4v) is 1.88. The molecule has 0 aliphatic carbocycles. The Labute approximate surface area is 111 Å². The molecule has 2 aromatic rings. The molecule has 0 atom stereocenters. The molecule has 3 N–H and O–H groups in total. The summed E-state index contributed by atoms with van der Waals surface area (Å²) in [5, 5.41) is 5.31. The second kappa shape index (κ2) is 6.04. The number of rotatable bonds is 6. The smallest absolute Gasteiger partial charge is 0.217 e. The third-order valence-corrected chi connectivity index (χ3v) is 2.87. The summed E-state index contributed by atoms with van der Waals surface area (Å²) in [5.74, 6) is 1.30. The van der Waals surface area contributed by atoms with E-state index in [0.29, 0.717) is 19.4 Å². The monoisotopic (exact) mass is 259 g/mol. The van der Waals surface area contributed by atoms with Crippen molar-refractivity contribution in [3.8, 4) is 5.75 Å². The van der Waals surface area contributed by atoms with Gasteiger partial charge < -0.3 is 15.8 Å². The Morgan fingerprint density at radius 2 is 2.26 bits per heavy atom. The molecular weight excluding hydrogens is 242 g/mol. The van der Waals surface area contributed by atoms with Crippen LogP contribution in [-0.4, -0.2) is 24.5 Å². The number of benzene rings is 1. The average molecular weight is 259 g/mol. The molecule has 2 rings (SSSR count). The van der Waals surface area contributed by atoms with Crippen LogP contribution in [0.15, 0.2) is 30.5 Å². The molecule has 5 heteroatoms. The second-order valence-electron chi connectivity index (χ2n) is 4.24. The number of carbonyl (C=O) groups is 1. The predicted molar refractivity (Wildman–Crippen MR) is 75.2 cm³/mol. The molecule has 0 spiro atoms. The summed E-state index contributed by atoms with van der Waals surface area (Å²) in [5.41, 5.74) is 5.10. The largest absolute Gasteiger partial charge is 0.497 e. The van der Waals surface area contributed by atoms with Crippen LogP contribution in [0.3, 0.4) is 0 Å². The first-order valence-electron chi connectivity index (χ1n) is 6.15. The Kier molecular flexibility index (Phi) is 4.18. The van der Waals surface area contributed by atoms with E-state index in [1.54, 1.807) is 13.3 Å². The highest BCUT2D eigenvalue weighted by Gasteiger charge is 2.04.